The summed E-state index contributed by atoms with van der Waals surface area (Å²) in [4.78, 5) is 0. The summed E-state index contributed by atoms with van der Waals surface area (Å²) in [5, 5.41) is 3.93. The van der Waals surface area contributed by atoms with E-state index < -0.39 is 0 Å². The second-order valence-electron chi connectivity index (χ2n) is 4.09. The first kappa shape index (κ1) is 15.3. The molecular formula is C14H22ClNO2. The summed E-state index contributed by atoms with van der Waals surface area (Å²) in [5.41, 5.74) is 1.08. The Morgan fingerprint density at radius 3 is 2.78 bits per heavy atom. The second kappa shape index (κ2) is 8.35. The fourth-order valence-corrected chi connectivity index (χ4v) is 1.81. The molecule has 1 aromatic rings. The van der Waals surface area contributed by atoms with Crippen LogP contribution in [0.15, 0.2) is 18.2 Å². The van der Waals surface area contributed by atoms with E-state index in [-0.39, 0.29) is 6.04 Å². The third-order valence-electron chi connectivity index (χ3n) is 2.77. The maximum atomic E-state index is 6.02. The van der Waals surface area contributed by atoms with Crippen molar-refractivity contribution in [1.82, 2.24) is 5.32 Å². The summed E-state index contributed by atoms with van der Waals surface area (Å²) < 4.78 is 11.1. The molecule has 1 unspecified atom stereocenters. The van der Waals surface area contributed by atoms with Gasteiger partial charge in [0.2, 0.25) is 0 Å². The van der Waals surface area contributed by atoms with Gasteiger partial charge in [0.25, 0.3) is 0 Å². The molecule has 0 aliphatic heterocycles. The van der Waals surface area contributed by atoms with Gasteiger partial charge in [0.05, 0.1) is 6.61 Å². The van der Waals surface area contributed by atoms with E-state index in [0.717, 1.165) is 36.0 Å². The van der Waals surface area contributed by atoms with Crippen molar-refractivity contribution in [3.63, 3.8) is 0 Å². The molecule has 0 aliphatic rings. The van der Waals surface area contributed by atoms with E-state index in [4.69, 9.17) is 21.1 Å². The molecule has 1 N–H and O–H groups in total. The van der Waals surface area contributed by atoms with Gasteiger partial charge in [-0.1, -0.05) is 11.6 Å². The van der Waals surface area contributed by atoms with E-state index in [1.165, 1.54) is 0 Å². The minimum absolute atomic E-state index is 0.214. The number of hydrogen-bond donors (Lipinski definition) is 1. The van der Waals surface area contributed by atoms with Gasteiger partial charge in [-0.2, -0.15) is 0 Å². The van der Waals surface area contributed by atoms with Crippen LogP contribution in [0.25, 0.3) is 0 Å². The number of rotatable bonds is 8. The number of halogens is 1. The van der Waals surface area contributed by atoms with Crippen LogP contribution in [0.2, 0.25) is 5.02 Å². The molecule has 102 valence electrons. The highest BCUT2D eigenvalue weighted by molar-refractivity contribution is 6.30. The lowest BCUT2D eigenvalue weighted by Gasteiger charge is -2.17. The van der Waals surface area contributed by atoms with Crippen LogP contribution < -0.4 is 10.1 Å². The summed E-state index contributed by atoms with van der Waals surface area (Å²) in [6.07, 6.45) is 0.893. The number of hydrogen-bond acceptors (Lipinski definition) is 3. The minimum Gasteiger partial charge on any atom is -0.493 e. The van der Waals surface area contributed by atoms with E-state index in [0.29, 0.717) is 6.61 Å². The van der Waals surface area contributed by atoms with E-state index in [2.05, 4.69) is 12.2 Å². The predicted molar refractivity (Wildman–Crippen MR) is 75.5 cm³/mol. The van der Waals surface area contributed by atoms with Crippen molar-refractivity contribution in [2.75, 3.05) is 26.9 Å². The zero-order chi connectivity index (χ0) is 13.4. The molecule has 18 heavy (non-hydrogen) atoms. The van der Waals surface area contributed by atoms with Crippen LogP contribution in [0.4, 0.5) is 0 Å². The molecule has 0 aliphatic carbocycles. The molecule has 0 aromatic heterocycles. The SMILES string of the molecule is CCOCCCOc1ccc(Cl)cc1C(C)NC. The number of benzene rings is 1. The third-order valence-corrected chi connectivity index (χ3v) is 3.00. The Labute approximate surface area is 114 Å². The van der Waals surface area contributed by atoms with Gasteiger partial charge in [0, 0.05) is 36.3 Å². The highest BCUT2D eigenvalue weighted by atomic mass is 35.5. The molecule has 0 radical (unpaired) electrons. The van der Waals surface area contributed by atoms with Crippen LogP contribution in [0.1, 0.15) is 31.9 Å². The Hall–Kier alpha value is -0.770. The first-order valence-electron chi connectivity index (χ1n) is 6.36. The fourth-order valence-electron chi connectivity index (χ4n) is 1.63. The molecular weight excluding hydrogens is 250 g/mol. The van der Waals surface area contributed by atoms with Gasteiger partial charge in [0.1, 0.15) is 5.75 Å². The zero-order valence-corrected chi connectivity index (χ0v) is 12.1. The molecule has 0 spiro atoms. The maximum Gasteiger partial charge on any atom is 0.124 e. The Bertz CT molecular complexity index is 358. The zero-order valence-electron chi connectivity index (χ0n) is 11.3. The molecule has 4 heteroatoms. The lowest BCUT2D eigenvalue weighted by molar-refractivity contribution is 0.130. The Morgan fingerprint density at radius 2 is 2.11 bits per heavy atom. The third kappa shape index (κ3) is 4.84. The molecule has 0 fully saturated rings. The Morgan fingerprint density at radius 1 is 1.33 bits per heavy atom. The molecule has 1 aromatic carbocycles. The van der Waals surface area contributed by atoms with Gasteiger partial charge in [-0.05, 0) is 39.1 Å². The van der Waals surface area contributed by atoms with E-state index in [9.17, 15) is 0 Å². The van der Waals surface area contributed by atoms with Gasteiger partial charge in [-0.15, -0.1) is 0 Å². The molecule has 0 heterocycles. The number of nitrogens with one attached hydrogen (secondary N) is 1. The van der Waals surface area contributed by atoms with Crippen LogP contribution in [0, 0.1) is 0 Å². The standard InChI is InChI=1S/C14H22ClNO2/c1-4-17-8-5-9-18-14-7-6-12(15)10-13(14)11(2)16-3/h6-7,10-11,16H,4-5,8-9H2,1-3H3. The Balaban J connectivity index is 2.58. The van der Waals surface area contributed by atoms with Gasteiger partial charge < -0.3 is 14.8 Å². The predicted octanol–water partition coefficient (Wildman–Crippen LogP) is 3.43. The van der Waals surface area contributed by atoms with Gasteiger partial charge in [-0.3, -0.25) is 0 Å². The monoisotopic (exact) mass is 271 g/mol. The summed E-state index contributed by atoms with van der Waals surface area (Å²) >= 11 is 6.02. The van der Waals surface area contributed by atoms with Crippen molar-refractivity contribution in [3.05, 3.63) is 28.8 Å². The molecule has 0 bridgehead atoms. The van der Waals surface area contributed by atoms with Gasteiger partial charge in [0.15, 0.2) is 0 Å². The van der Waals surface area contributed by atoms with E-state index in [1.807, 2.05) is 32.2 Å². The summed E-state index contributed by atoms with van der Waals surface area (Å²) in [5.74, 6) is 0.887. The van der Waals surface area contributed by atoms with Crippen molar-refractivity contribution in [3.8, 4) is 5.75 Å². The smallest absolute Gasteiger partial charge is 0.124 e. The van der Waals surface area contributed by atoms with Crippen LogP contribution in [-0.2, 0) is 4.74 Å². The van der Waals surface area contributed by atoms with Crippen LogP contribution in [-0.4, -0.2) is 26.9 Å². The maximum absolute atomic E-state index is 6.02. The lowest BCUT2D eigenvalue weighted by atomic mass is 10.1. The molecule has 3 nitrogen and oxygen atoms in total. The summed E-state index contributed by atoms with van der Waals surface area (Å²) in [6.45, 7) is 6.22. The average molecular weight is 272 g/mol. The molecule has 0 amide bonds. The molecule has 1 rings (SSSR count). The summed E-state index contributed by atoms with van der Waals surface area (Å²) in [6, 6.07) is 5.93. The van der Waals surface area contributed by atoms with Crippen molar-refractivity contribution >= 4 is 11.6 Å². The molecule has 0 saturated carbocycles. The first-order chi connectivity index (χ1) is 8.69. The normalized spacial score (nSPS) is 12.4. The van der Waals surface area contributed by atoms with Gasteiger partial charge in [-0.25, -0.2) is 0 Å². The average Bonchev–Trinajstić information content (AvgIpc) is 2.39. The summed E-state index contributed by atoms with van der Waals surface area (Å²) in [7, 11) is 1.92. The second-order valence-corrected chi connectivity index (χ2v) is 4.53. The highest BCUT2D eigenvalue weighted by Gasteiger charge is 2.10. The lowest BCUT2D eigenvalue weighted by Crippen LogP contribution is -2.14. The van der Waals surface area contributed by atoms with Crippen LogP contribution in [0.5, 0.6) is 5.75 Å². The highest BCUT2D eigenvalue weighted by Crippen LogP contribution is 2.28. The topological polar surface area (TPSA) is 30.5 Å². The van der Waals surface area contributed by atoms with Crippen molar-refractivity contribution < 1.29 is 9.47 Å². The molecule has 1 atom stereocenters. The van der Waals surface area contributed by atoms with Crippen molar-refractivity contribution in [2.24, 2.45) is 0 Å². The molecule has 0 saturated heterocycles. The quantitative estimate of drug-likeness (QED) is 0.735. The van der Waals surface area contributed by atoms with E-state index in [1.54, 1.807) is 0 Å². The van der Waals surface area contributed by atoms with Crippen LogP contribution in [0.3, 0.4) is 0 Å². The van der Waals surface area contributed by atoms with Crippen molar-refractivity contribution in [2.45, 2.75) is 26.3 Å². The minimum atomic E-state index is 0.214. The Kier molecular flexibility index (Phi) is 7.09. The van der Waals surface area contributed by atoms with E-state index >= 15 is 0 Å². The van der Waals surface area contributed by atoms with Crippen LogP contribution >= 0.6 is 11.6 Å². The number of ether oxygens (including phenoxy) is 2. The first-order valence-corrected chi connectivity index (χ1v) is 6.74. The van der Waals surface area contributed by atoms with Gasteiger partial charge >= 0.3 is 0 Å². The van der Waals surface area contributed by atoms with Crippen molar-refractivity contribution in [1.29, 1.82) is 0 Å². The fraction of sp³-hybridized carbons (Fsp3) is 0.571. The largest absolute Gasteiger partial charge is 0.493 e.